The van der Waals surface area contributed by atoms with Gasteiger partial charge in [0.15, 0.2) is 33.8 Å². The third-order valence-corrected chi connectivity index (χ3v) is 16.8. The number of imidazole rings is 3. The number of H-pyrrole nitrogens is 2. The molecular weight excluding hydrogens is 1310 g/mol. The van der Waals surface area contributed by atoms with E-state index in [9.17, 15) is 63.4 Å². The molecule has 0 fully saturated rings. The molecule has 11 N–H and O–H groups in total. The lowest BCUT2D eigenvalue weighted by molar-refractivity contribution is -0.402. The average Bonchev–Trinajstić information content (AvgIpc) is 1.90. The molecule has 0 aromatic carbocycles. The fraction of sp³-hybridized carbons (Fsp3) is 0.409. The largest absolute Gasteiger partial charge is 0.433 e. The van der Waals surface area contributed by atoms with Gasteiger partial charge in [-0.3, -0.25) is 72.6 Å². The van der Waals surface area contributed by atoms with Crippen LogP contribution in [0.4, 0.5) is 35.4 Å². The molecule has 1 aliphatic rings. The molecule has 8 aromatic rings. The number of nitrogens with zero attached hydrogens (tertiary/aromatic N) is 13. The van der Waals surface area contributed by atoms with Gasteiger partial charge in [-0.2, -0.15) is 9.97 Å². The number of halogens is 2. The highest BCUT2D eigenvalue weighted by atomic mass is 35.5. The first-order valence-corrected chi connectivity index (χ1v) is 32.1. The molecule has 41 nitrogen and oxygen atoms in total. The van der Waals surface area contributed by atoms with E-state index in [-0.39, 0.29) is 97.7 Å². The Kier molecular flexibility index (Phi) is 24.2. The number of nitro groups is 3. The van der Waals surface area contributed by atoms with Gasteiger partial charge in [0, 0.05) is 32.1 Å². The van der Waals surface area contributed by atoms with Gasteiger partial charge < -0.3 is 78.0 Å². The van der Waals surface area contributed by atoms with E-state index >= 15 is 0 Å². The zero-order valence-corrected chi connectivity index (χ0v) is 51.0. The number of aromatic amines is 2. The third-order valence-electron chi connectivity index (χ3n) is 11.9. The summed E-state index contributed by atoms with van der Waals surface area (Å²) in [7, 11) is -10.0. The number of alkyl halides is 2. The smallest absolute Gasteiger partial charge is 0.403 e. The van der Waals surface area contributed by atoms with Crippen LogP contribution < -0.4 is 33.6 Å². The van der Waals surface area contributed by atoms with E-state index in [4.69, 9.17) is 81.4 Å². The van der Waals surface area contributed by atoms with Gasteiger partial charge in [-0.1, -0.05) is 11.6 Å². The van der Waals surface area contributed by atoms with E-state index in [2.05, 4.69) is 45.2 Å². The minimum atomic E-state index is -4.11. The quantitative estimate of drug-likeness (QED) is 0.00697. The van der Waals surface area contributed by atoms with Crippen LogP contribution in [0.3, 0.4) is 0 Å². The van der Waals surface area contributed by atoms with Gasteiger partial charge in [-0.05, 0) is 38.1 Å². The number of fused-ring (bicyclic) bond motifs is 3. The summed E-state index contributed by atoms with van der Waals surface area (Å²) in [5.41, 5.74) is 16.4. The molecule has 46 heteroatoms. The molecule has 0 saturated carbocycles. The van der Waals surface area contributed by atoms with E-state index < -0.39 is 97.7 Å². The number of anilines is 3. The number of furan rings is 3. The number of guanidine groups is 1. The maximum atomic E-state index is 13.6. The Morgan fingerprint density at radius 2 is 1.08 bits per heavy atom. The lowest BCUT2D eigenvalue weighted by atomic mass is 10.3. The lowest BCUT2D eigenvalue weighted by Gasteiger charge is -2.27. The van der Waals surface area contributed by atoms with Gasteiger partial charge in [-0.15, -0.1) is 11.6 Å². The van der Waals surface area contributed by atoms with E-state index in [1.807, 2.05) is 0 Å². The van der Waals surface area contributed by atoms with Crippen molar-refractivity contribution in [2.75, 3.05) is 75.1 Å². The van der Waals surface area contributed by atoms with Gasteiger partial charge in [0.1, 0.15) is 82.4 Å². The molecule has 4 atom stereocenters. The van der Waals surface area contributed by atoms with Crippen molar-refractivity contribution in [2.24, 2.45) is 10.7 Å². The molecule has 0 aliphatic carbocycles. The number of aliphatic imine (C=N–C) groups is 1. The Morgan fingerprint density at radius 3 is 1.51 bits per heavy atom. The average molecular weight is 1370 g/mol. The van der Waals surface area contributed by atoms with Gasteiger partial charge >= 0.3 is 32.8 Å². The fourth-order valence-corrected chi connectivity index (χ4v) is 11.1. The number of nitrogens with one attached hydrogen (secondary N) is 3. The summed E-state index contributed by atoms with van der Waals surface area (Å²) in [5, 5.41) is 34.7. The SMILES string of the molecule is CN(CCCCCl)P(=O)(COCCn1cnc2c(=O)[nH]c(N)nc21)OCc1ccc([N+](=O)[O-])o1.NC1=NC(Cl)c2ncn(CCOCP(=O)(O)OCc3ccc([N+](=O)[O-])o3)c2N1.Nc1nc2c(ncn2CCOCP(=O)(O)OCc2ccc([N+](=O)[O-])o2)c(=O)[nH]1. The van der Waals surface area contributed by atoms with Crippen LogP contribution in [-0.4, -0.2) is 142 Å². The van der Waals surface area contributed by atoms with E-state index in [1.165, 1.54) is 47.8 Å². The van der Waals surface area contributed by atoms with Crippen LogP contribution in [0.25, 0.3) is 22.3 Å². The molecule has 90 heavy (non-hydrogen) atoms. The third kappa shape index (κ3) is 19.6. The van der Waals surface area contributed by atoms with Crippen LogP contribution in [0.15, 0.2) is 83.2 Å². The molecule has 0 spiro atoms. The minimum Gasteiger partial charge on any atom is -0.403 e. The second kappa shape index (κ2) is 31.5. The summed E-state index contributed by atoms with van der Waals surface area (Å²) in [6.07, 6.45) is 4.34. The zero-order chi connectivity index (χ0) is 65.3. The molecule has 0 saturated heterocycles. The fourth-order valence-electron chi connectivity index (χ4n) is 7.53. The molecule has 488 valence electrons. The maximum Gasteiger partial charge on any atom is 0.433 e. The number of unbranched alkanes of at least 4 members (excludes halogenated alkanes) is 1. The van der Waals surface area contributed by atoms with Crippen LogP contribution in [0.1, 0.15) is 41.3 Å². The van der Waals surface area contributed by atoms with Crippen molar-refractivity contribution in [3.8, 4) is 0 Å². The summed E-state index contributed by atoms with van der Waals surface area (Å²) in [5.74, 6) is -0.0615. The number of rotatable bonds is 32. The number of hydrogen-bond donors (Lipinski definition) is 8. The molecular formula is C44H56Cl2N19O22P3. The summed E-state index contributed by atoms with van der Waals surface area (Å²) in [6.45, 7) is 0.350. The Bertz CT molecular complexity index is 4090. The van der Waals surface area contributed by atoms with Crippen LogP contribution in [-0.2, 0) is 80.9 Å². The molecule has 0 amide bonds. The van der Waals surface area contributed by atoms with E-state index in [0.717, 1.165) is 18.6 Å². The van der Waals surface area contributed by atoms with Gasteiger partial charge in [0.25, 0.3) is 18.6 Å². The summed E-state index contributed by atoms with van der Waals surface area (Å²) in [6, 6.07) is 7.38. The summed E-state index contributed by atoms with van der Waals surface area (Å²) in [4.78, 5) is 102. The standard InChI is InChI=1S/C18H25ClN7O7P.C13H16ClN6O7P.C13H15N6O8P/c1-24(7-3-2-6-19)34(30,32-10-13-4-5-14(33-13)26(28)29)12-31-9-8-25-11-21-15-16(25)22-18(20)23-17(15)27;14-11-10-12(18-13(15)17-11)19(6-16-10)3-4-25-7-28(23,24)26-5-8-1-2-9(27-8)20(21)22;14-13-16-11-10(12(20)17-13)15-6-18(11)3-4-25-7-28(23,24)26-5-8-1-2-9(27-8)19(21)22/h4-5,11H,2-3,6-10,12H2,1H3,(H3,20,22,23,27);1-2,6,11H,3-5,7H2,(H,23,24)(H3,15,17,18);1-2,6H,3-5,7H2,(H,23,24)(H3,14,16,17,20). The number of nitrogen functional groups attached to an aromatic ring is 2. The molecule has 8 aromatic heterocycles. The Morgan fingerprint density at radius 1 is 0.656 bits per heavy atom. The highest BCUT2D eigenvalue weighted by Crippen LogP contribution is 2.51. The van der Waals surface area contributed by atoms with Crippen molar-refractivity contribution < 1.29 is 79.3 Å². The molecule has 4 unspecified atom stereocenters. The van der Waals surface area contributed by atoms with Crippen molar-refractivity contribution >= 4 is 110 Å². The molecule has 9 rings (SSSR count). The number of hydrogen-bond acceptors (Lipinski definition) is 30. The van der Waals surface area contributed by atoms with Crippen molar-refractivity contribution in [3.05, 3.63) is 129 Å². The molecule has 0 radical (unpaired) electrons. The van der Waals surface area contributed by atoms with Crippen LogP contribution >= 0.6 is 45.9 Å². The Balaban J connectivity index is 0.000000193. The molecule has 1 aliphatic heterocycles. The minimum absolute atomic E-state index is 0.0000222. The zero-order valence-electron chi connectivity index (χ0n) is 46.8. The first-order chi connectivity index (χ1) is 42.7. The monoisotopic (exact) mass is 1370 g/mol. The van der Waals surface area contributed by atoms with Crippen LogP contribution in [0, 0.1) is 30.3 Å². The normalized spacial score (nSPS) is 15.0. The second-order valence-corrected chi connectivity index (χ2v) is 25.2. The maximum absolute atomic E-state index is 13.6. The number of nitrogens with two attached hydrogens (primary N) is 3. The van der Waals surface area contributed by atoms with Crippen molar-refractivity contribution in [1.29, 1.82) is 0 Å². The lowest BCUT2D eigenvalue weighted by Crippen LogP contribution is -2.28. The van der Waals surface area contributed by atoms with Crippen molar-refractivity contribution in [1.82, 2.24) is 53.3 Å². The van der Waals surface area contributed by atoms with Gasteiger partial charge in [0.05, 0.1) is 57.0 Å². The topological polar surface area (TPSA) is 567 Å². The second-order valence-electron chi connectivity index (χ2n) is 18.4. The Hall–Kier alpha value is -8.27. The van der Waals surface area contributed by atoms with Gasteiger partial charge in [0.2, 0.25) is 11.9 Å². The predicted molar refractivity (Wildman–Crippen MR) is 314 cm³/mol. The van der Waals surface area contributed by atoms with Crippen LogP contribution in [0.5, 0.6) is 0 Å². The molecule has 9 heterocycles. The van der Waals surface area contributed by atoms with Crippen molar-refractivity contribution in [2.45, 2.75) is 57.8 Å². The predicted octanol–water partition coefficient (Wildman–Crippen LogP) is 4.86. The van der Waals surface area contributed by atoms with Crippen molar-refractivity contribution in [3.63, 3.8) is 0 Å². The first-order valence-electron chi connectivity index (χ1n) is 25.8. The Labute approximate surface area is 513 Å². The molecule has 0 bridgehead atoms. The first kappa shape index (κ1) is 69.2. The number of aromatic nitrogens is 10. The number of ether oxygens (including phenoxy) is 3. The van der Waals surface area contributed by atoms with E-state index in [1.54, 1.807) is 20.9 Å². The summed E-state index contributed by atoms with van der Waals surface area (Å²) >= 11 is 11.8. The summed E-state index contributed by atoms with van der Waals surface area (Å²) < 4.78 is 89.9. The van der Waals surface area contributed by atoms with Crippen LogP contribution in [0.2, 0.25) is 0 Å². The highest BCUT2D eigenvalue weighted by molar-refractivity contribution is 7.56. The van der Waals surface area contributed by atoms with Gasteiger partial charge in [-0.25, -0.2) is 24.6 Å². The highest BCUT2D eigenvalue weighted by Gasteiger charge is 2.31. The van der Waals surface area contributed by atoms with E-state index in [0.29, 0.717) is 42.5 Å².